The van der Waals surface area contributed by atoms with Crippen LogP contribution in [0, 0.1) is 0 Å². The number of carbonyl (C=O) groups is 1. The average Bonchev–Trinajstić information content (AvgIpc) is 2.40. The van der Waals surface area contributed by atoms with Gasteiger partial charge in [0.1, 0.15) is 12.2 Å². The van der Waals surface area contributed by atoms with Crippen LogP contribution in [0.1, 0.15) is 0 Å². The molecule has 0 amide bonds. The molecule has 0 bridgehead atoms. The first-order valence-electron chi connectivity index (χ1n) is 2.77. The Morgan fingerprint density at radius 1 is 1.21 bits per heavy atom. The van der Waals surface area contributed by atoms with E-state index in [0.717, 1.165) is 0 Å². The molecule has 0 aliphatic carbocycles. The fourth-order valence-corrected chi connectivity index (χ4v) is 1.43. The molecule has 64 valence electrons. The van der Waals surface area contributed by atoms with E-state index in [1.54, 1.807) is 0 Å². The molecule has 1 aliphatic rings. The molecule has 6 nitrogen and oxygen atoms in total. The van der Waals surface area contributed by atoms with Crippen LogP contribution < -0.4 is 108 Å². The molecule has 0 aromatic carbocycles. The maximum Gasteiger partial charge on any atom is 1.00 e. The average molecular weight is 248 g/mol. The smallest absolute Gasteiger partial charge is 0.688 e. The van der Waals surface area contributed by atoms with Gasteiger partial charge in [-0.3, -0.25) is 0 Å². The second kappa shape index (κ2) is 8.78. The molecule has 0 aromatic heterocycles. The van der Waals surface area contributed by atoms with E-state index in [0.29, 0.717) is 0 Å². The second-order valence-electron chi connectivity index (χ2n) is 2.21. The molecule has 1 fully saturated rings. The molecule has 1 heterocycles. The molecule has 1 saturated heterocycles. The summed E-state index contributed by atoms with van der Waals surface area (Å²) in [7, 11) is -4.65. The molecule has 0 radical (unpaired) electrons. The first-order valence-corrected chi connectivity index (χ1v) is 4.50. The Bertz CT molecular complexity index is 184. The van der Waals surface area contributed by atoms with Crippen molar-refractivity contribution in [3.63, 3.8) is 0 Å². The predicted molar refractivity (Wildman–Crippen MR) is 25.5 cm³/mol. The first kappa shape index (κ1) is 22.0. The zero-order valence-electron chi connectivity index (χ0n) is 8.26. The largest absolute Gasteiger partial charge is 1.00 e. The molecule has 1 aliphatic heterocycles. The number of rotatable bonds is 3. The first-order chi connectivity index (χ1) is 4.90. The van der Waals surface area contributed by atoms with Crippen LogP contribution in [0.2, 0.25) is 0 Å². The van der Waals surface area contributed by atoms with Gasteiger partial charge in [0.05, 0.1) is 12.1 Å². The summed E-state index contributed by atoms with van der Waals surface area (Å²) in [5.41, 5.74) is 0. The third-order valence-electron chi connectivity index (χ3n) is 1.22. The Hall–Kier alpha value is 2.74. The molecule has 2 unspecified atom stereocenters. The molecule has 10 heteroatoms. The van der Waals surface area contributed by atoms with Crippen LogP contribution >= 0.6 is 7.94 Å². The third kappa shape index (κ3) is 8.84. The predicted octanol–water partition coefficient (Wildman–Crippen LogP) is -13.6. The number of hydrogen-bond acceptors (Lipinski definition) is 6. The number of aliphatic carboxylic acids is 1. The van der Waals surface area contributed by atoms with E-state index < -0.39 is 32.3 Å². The number of carboxylic acids is 1. The molecule has 0 saturated carbocycles. The maximum atomic E-state index is 10.0. The van der Waals surface area contributed by atoms with Gasteiger partial charge in [0, 0.05) is 0 Å². The van der Waals surface area contributed by atoms with Crippen molar-refractivity contribution < 1.29 is 118 Å². The minimum Gasteiger partial charge on any atom is -0.688 e. The van der Waals surface area contributed by atoms with Crippen molar-refractivity contribution >= 4 is 13.9 Å². The van der Waals surface area contributed by atoms with Crippen molar-refractivity contribution in [3.05, 3.63) is 0 Å². The topological polar surface area (TPSA) is 122 Å². The van der Waals surface area contributed by atoms with Crippen molar-refractivity contribution in [2.45, 2.75) is 12.2 Å². The number of hydrogen-bond donors (Lipinski definition) is 0. The molecular weight excluding hydrogens is 244 g/mol. The molecular formula is C4H4Na3O6P. The van der Waals surface area contributed by atoms with Gasteiger partial charge in [-0.05, 0) is 0 Å². The summed E-state index contributed by atoms with van der Waals surface area (Å²) in [6.45, 7) is 0. The molecule has 0 N–H and O–H groups in total. The van der Waals surface area contributed by atoms with Crippen molar-refractivity contribution in [3.8, 4) is 0 Å². The van der Waals surface area contributed by atoms with Crippen molar-refractivity contribution in [1.29, 1.82) is 0 Å². The minimum atomic E-state index is -4.65. The Labute approximate surface area is 148 Å². The summed E-state index contributed by atoms with van der Waals surface area (Å²) in [6, 6.07) is 0. The van der Waals surface area contributed by atoms with Crippen LogP contribution in [0.25, 0.3) is 0 Å². The van der Waals surface area contributed by atoms with Crippen molar-refractivity contribution in [1.82, 2.24) is 0 Å². The minimum absolute atomic E-state index is 0. The summed E-state index contributed by atoms with van der Waals surface area (Å²) < 4.78 is 4.32. The van der Waals surface area contributed by atoms with E-state index in [-0.39, 0.29) is 88.7 Å². The Morgan fingerprint density at radius 3 is 1.86 bits per heavy atom. The summed E-state index contributed by atoms with van der Waals surface area (Å²) in [6.07, 6.45) is -2.99. The third-order valence-corrected chi connectivity index (χ3v) is 2.03. The number of epoxide rings is 1. The number of carboxylic acid groups (broad SMARTS) is 1. The van der Waals surface area contributed by atoms with E-state index in [1.807, 2.05) is 0 Å². The van der Waals surface area contributed by atoms with Gasteiger partial charge in [0.15, 0.2) is 0 Å². The van der Waals surface area contributed by atoms with Crippen molar-refractivity contribution in [2.24, 2.45) is 0 Å². The van der Waals surface area contributed by atoms with Crippen molar-refractivity contribution in [2.75, 3.05) is 6.16 Å². The van der Waals surface area contributed by atoms with Gasteiger partial charge in [-0.25, -0.2) is 0 Å². The van der Waals surface area contributed by atoms with Gasteiger partial charge in [-0.1, -0.05) is 0 Å². The van der Waals surface area contributed by atoms with E-state index in [4.69, 9.17) is 0 Å². The molecule has 14 heavy (non-hydrogen) atoms. The maximum absolute atomic E-state index is 10.0. The van der Waals surface area contributed by atoms with Gasteiger partial charge >= 0.3 is 88.7 Å². The zero-order valence-corrected chi connectivity index (χ0v) is 15.2. The molecule has 1 rings (SSSR count). The summed E-state index contributed by atoms with van der Waals surface area (Å²) in [4.78, 5) is 40.0. The van der Waals surface area contributed by atoms with Crippen LogP contribution in [-0.4, -0.2) is 24.3 Å². The van der Waals surface area contributed by atoms with Gasteiger partial charge < -0.3 is 29.3 Å². The summed E-state index contributed by atoms with van der Waals surface area (Å²) in [5.74, 6) is -1.48. The number of ether oxygens (including phenoxy) is 1. The van der Waals surface area contributed by atoms with Crippen LogP contribution in [0.5, 0.6) is 0 Å². The molecule has 2 atom stereocenters. The zero-order chi connectivity index (χ0) is 8.65. The van der Waals surface area contributed by atoms with Crippen LogP contribution in [0.3, 0.4) is 0 Å². The van der Waals surface area contributed by atoms with E-state index in [9.17, 15) is 24.6 Å². The van der Waals surface area contributed by atoms with Gasteiger partial charge in [-0.15, -0.1) is 0 Å². The summed E-state index contributed by atoms with van der Waals surface area (Å²) >= 11 is 0. The Balaban J connectivity index is -0.000000403. The quantitative estimate of drug-likeness (QED) is 0.277. The Kier molecular flexibility index (Phi) is 13.8. The Morgan fingerprint density at radius 2 is 1.64 bits per heavy atom. The van der Waals surface area contributed by atoms with E-state index >= 15 is 0 Å². The fourth-order valence-electron chi connectivity index (χ4n) is 0.709. The fraction of sp³-hybridized carbons (Fsp3) is 0.750. The van der Waals surface area contributed by atoms with E-state index in [1.165, 1.54) is 0 Å². The van der Waals surface area contributed by atoms with E-state index in [2.05, 4.69) is 4.74 Å². The number of carbonyl (C=O) groups excluding carboxylic acids is 1. The van der Waals surface area contributed by atoms with Crippen LogP contribution in [0.4, 0.5) is 0 Å². The van der Waals surface area contributed by atoms with Gasteiger partial charge in [0.2, 0.25) is 0 Å². The standard InChI is InChI=1S/C4H7O6P.3Na/c5-4(6)3-2(10-3)1-11(7,8)9;;;/h2-3H,1H2,(H,5,6)(H2,7,8,9);;;/q;3*+1/p-3. The second-order valence-corrected chi connectivity index (χ2v) is 3.79. The normalized spacial score (nSPS) is 23.6. The van der Waals surface area contributed by atoms with Gasteiger partial charge in [-0.2, -0.15) is 7.94 Å². The molecule has 0 spiro atoms. The monoisotopic (exact) mass is 248 g/mol. The van der Waals surface area contributed by atoms with Crippen LogP contribution in [0.15, 0.2) is 0 Å². The summed E-state index contributed by atoms with van der Waals surface area (Å²) in [5, 5.41) is 9.93. The van der Waals surface area contributed by atoms with Gasteiger partial charge in [0.25, 0.3) is 0 Å². The SMILES string of the molecule is O=C([O-])C1OC1C[P+]([O-])([O-])[O-].[Na+].[Na+].[Na+]. The molecule has 0 aromatic rings. The van der Waals surface area contributed by atoms with Crippen LogP contribution in [-0.2, 0) is 9.53 Å².